The summed E-state index contributed by atoms with van der Waals surface area (Å²) >= 11 is 0. The summed E-state index contributed by atoms with van der Waals surface area (Å²) in [6, 6.07) is 13.6. The van der Waals surface area contributed by atoms with Crippen molar-refractivity contribution in [2.75, 3.05) is 6.61 Å². The van der Waals surface area contributed by atoms with Gasteiger partial charge in [0.1, 0.15) is 5.75 Å². The van der Waals surface area contributed by atoms with E-state index in [0.717, 1.165) is 29.2 Å². The first-order valence-corrected chi connectivity index (χ1v) is 6.86. The lowest BCUT2D eigenvalue weighted by molar-refractivity contribution is 0.112. The number of aryl methyl sites for hydroxylation is 1. The van der Waals surface area contributed by atoms with Gasteiger partial charge in [0.15, 0.2) is 6.29 Å². The van der Waals surface area contributed by atoms with Crippen LogP contribution in [0, 0.1) is 0 Å². The number of aromatic nitrogens is 2. The summed E-state index contributed by atoms with van der Waals surface area (Å²) in [5, 5.41) is 6.08. The maximum absolute atomic E-state index is 11.4. The third kappa shape index (κ3) is 2.65. The molecule has 0 aliphatic rings. The van der Waals surface area contributed by atoms with Crippen LogP contribution in [0.2, 0.25) is 0 Å². The summed E-state index contributed by atoms with van der Waals surface area (Å²) < 4.78 is 7.62. The SMILES string of the molecule is Cn1nccc1CCOc1ccc2ccccc2c1C=O. The van der Waals surface area contributed by atoms with E-state index >= 15 is 0 Å². The Morgan fingerprint density at radius 2 is 2.05 bits per heavy atom. The Labute approximate surface area is 123 Å². The third-order valence-corrected chi connectivity index (χ3v) is 3.59. The molecule has 0 saturated carbocycles. The van der Waals surface area contributed by atoms with Gasteiger partial charge in [0, 0.05) is 25.4 Å². The second-order valence-electron chi connectivity index (χ2n) is 4.86. The van der Waals surface area contributed by atoms with Gasteiger partial charge in [-0.25, -0.2) is 0 Å². The minimum Gasteiger partial charge on any atom is -0.492 e. The van der Waals surface area contributed by atoms with E-state index < -0.39 is 0 Å². The van der Waals surface area contributed by atoms with Crippen LogP contribution >= 0.6 is 0 Å². The van der Waals surface area contributed by atoms with Gasteiger partial charge in [-0.1, -0.05) is 30.3 Å². The number of aldehydes is 1. The number of carbonyl (C=O) groups excluding carboxylic acids is 1. The molecule has 0 radical (unpaired) electrons. The summed E-state index contributed by atoms with van der Waals surface area (Å²) in [7, 11) is 1.90. The molecule has 106 valence electrons. The molecule has 0 unspecified atom stereocenters. The summed E-state index contributed by atoms with van der Waals surface area (Å²) in [6.45, 7) is 0.513. The van der Waals surface area contributed by atoms with E-state index in [2.05, 4.69) is 5.10 Å². The van der Waals surface area contributed by atoms with Gasteiger partial charge in [0.25, 0.3) is 0 Å². The van der Waals surface area contributed by atoms with E-state index in [9.17, 15) is 4.79 Å². The smallest absolute Gasteiger partial charge is 0.154 e. The van der Waals surface area contributed by atoms with E-state index in [1.54, 1.807) is 6.20 Å². The van der Waals surface area contributed by atoms with Gasteiger partial charge < -0.3 is 4.74 Å². The Morgan fingerprint density at radius 1 is 1.19 bits per heavy atom. The quantitative estimate of drug-likeness (QED) is 0.675. The summed E-state index contributed by atoms with van der Waals surface area (Å²) in [5.74, 6) is 0.630. The normalized spacial score (nSPS) is 10.7. The first kappa shape index (κ1) is 13.4. The van der Waals surface area contributed by atoms with Gasteiger partial charge in [-0.3, -0.25) is 9.48 Å². The van der Waals surface area contributed by atoms with Crippen LogP contribution in [0.25, 0.3) is 10.8 Å². The molecule has 1 heterocycles. The average Bonchev–Trinajstić information content (AvgIpc) is 2.92. The molecule has 3 aromatic rings. The molecule has 21 heavy (non-hydrogen) atoms. The zero-order valence-electron chi connectivity index (χ0n) is 11.8. The van der Waals surface area contributed by atoms with Crippen molar-refractivity contribution in [3.63, 3.8) is 0 Å². The van der Waals surface area contributed by atoms with Gasteiger partial charge in [-0.2, -0.15) is 5.10 Å². The van der Waals surface area contributed by atoms with E-state index in [0.29, 0.717) is 17.9 Å². The monoisotopic (exact) mass is 280 g/mol. The molecule has 0 bridgehead atoms. The first-order valence-electron chi connectivity index (χ1n) is 6.86. The van der Waals surface area contributed by atoms with Gasteiger partial charge >= 0.3 is 0 Å². The number of fused-ring (bicyclic) bond motifs is 1. The molecule has 0 N–H and O–H groups in total. The van der Waals surface area contributed by atoms with Crippen molar-refractivity contribution in [1.29, 1.82) is 0 Å². The van der Waals surface area contributed by atoms with Gasteiger partial charge in [0.05, 0.1) is 12.2 Å². The van der Waals surface area contributed by atoms with E-state index in [1.165, 1.54) is 0 Å². The Bertz CT molecular complexity index is 777. The van der Waals surface area contributed by atoms with Crippen LogP contribution in [0.4, 0.5) is 0 Å². The number of benzene rings is 2. The average molecular weight is 280 g/mol. The highest BCUT2D eigenvalue weighted by Gasteiger charge is 2.08. The fraction of sp³-hybridized carbons (Fsp3) is 0.176. The minimum absolute atomic E-state index is 0.513. The van der Waals surface area contributed by atoms with Gasteiger partial charge in [-0.05, 0) is 22.9 Å². The van der Waals surface area contributed by atoms with Crippen molar-refractivity contribution < 1.29 is 9.53 Å². The highest BCUT2D eigenvalue weighted by Crippen LogP contribution is 2.26. The Kier molecular flexibility index (Phi) is 3.69. The molecule has 3 rings (SSSR count). The number of hydrogen-bond donors (Lipinski definition) is 0. The fourth-order valence-electron chi connectivity index (χ4n) is 2.44. The standard InChI is InChI=1S/C17H16N2O2/c1-19-14(8-10-18-19)9-11-21-17-7-6-13-4-2-3-5-15(13)16(17)12-20/h2-8,10,12H,9,11H2,1H3. The topological polar surface area (TPSA) is 44.1 Å². The number of hydrogen-bond acceptors (Lipinski definition) is 3. The van der Waals surface area contributed by atoms with E-state index in [1.807, 2.05) is 54.2 Å². The van der Waals surface area contributed by atoms with Crippen LogP contribution < -0.4 is 4.74 Å². The molecule has 4 heteroatoms. The second-order valence-corrected chi connectivity index (χ2v) is 4.86. The first-order chi connectivity index (χ1) is 10.3. The minimum atomic E-state index is 0.513. The van der Waals surface area contributed by atoms with Crippen LogP contribution in [0.3, 0.4) is 0 Å². The summed E-state index contributed by atoms with van der Waals surface area (Å²) in [4.78, 5) is 11.4. The third-order valence-electron chi connectivity index (χ3n) is 3.59. The van der Waals surface area contributed by atoms with Crippen molar-refractivity contribution in [2.45, 2.75) is 6.42 Å². The molecule has 4 nitrogen and oxygen atoms in total. The number of rotatable bonds is 5. The fourth-order valence-corrected chi connectivity index (χ4v) is 2.44. The molecule has 0 spiro atoms. The van der Waals surface area contributed by atoms with Crippen molar-refractivity contribution in [3.05, 3.63) is 59.9 Å². The number of nitrogens with zero attached hydrogens (tertiary/aromatic N) is 2. The van der Waals surface area contributed by atoms with Crippen LogP contribution in [0.1, 0.15) is 16.1 Å². The molecular formula is C17H16N2O2. The van der Waals surface area contributed by atoms with Crippen molar-refractivity contribution >= 4 is 17.1 Å². The molecule has 0 aliphatic heterocycles. The predicted octanol–water partition coefficient (Wildman–Crippen LogP) is 3.01. The molecule has 0 amide bonds. The molecule has 0 atom stereocenters. The molecule has 2 aromatic carbocycles. The van der Waals surface area contributed by atoms with E-state index in [4.69, 9.17) is 4.74 Å². The largest absolute Gasteiger partial charge is 0.492 e. The number of carbonyl (C=O) groups is 1. The van der Waals surface area contributed by atoms with Crippen LogP contribution in [0.15, 0.2) is 48.7 Å². The summed E-state index contributed by atoms with van der Waals surface area (Å²) in [6.07, 6.45) is 3.38. The van der Waals surface area contributed by atoms with Crippen LogP contribution in [0.5, 0.6) is 5.75 Å². The van der Waals surface area contributed by atoms with E-state index in [-0.39, 0.29) is 0 Å². The maximum Gasteiger partial charge on any atom is 0.154 e. The van der Waals surface area contributed by atoms with Crippen LogP contribution in [-0.2, 0) is 13.5 Å². The number of ether oxygens (including phenoxy) is 1. The highest BCUT2D eigenvalue weighted by molar-refractivity contribution is 6.00. The molecule has 0 saturated heterocycles. The van der Waals surface area contributed by atoms with Crippen molar-refractivity contribution in [2.24, 2.45) is 7.05 Å². The van der Waals surface area contributed by atoms with Crippen molar-refractivity contribution in [1.82, 2.24) is 9.78 Å². The maximum atomic E-state index is 11.4. The van der Waals surface area contributed by atoms with Gasteiger partial charge in [-0.15, -0.1) is 0 Å². The van der Waals surface area contributed by atoms with Gasteiger partial charge in [0.2, 0.25) is 0 Å². The van der Waals surface area contributed by atoms with Crippen LogP contribution in [-0.4, -0.2) is 22.7 Å². The predicted molar refractivity (Wildman–Crippen MR) is 81.7 cm³/mol. The molecule has 1 aromatic heterocycles. The summed E-state index contributed by atoms with van der Waals surface area (Å²) in [5.41, 5.74) is 1.71. The zero-order valence-corrected chi connectivity index (χ0v) is 11.8. The Hall–Kier alpha value is -2.62. The lowest BCUT2D eigenvalue weighted by Gasteiger charge is -2.10. The zero-order chi connectivity index (χ0) is 14.7. The molecule has 0 aliphatic carbocycles. The Balaban J connectivity index is 1.80. The van der Waals surface area contributed by atoms with Crippen molar-refractivity contribution in [3.8, 4) is 5.75 Å². The lowest BCUT2D eigenvalue weighted by atomic mass is 10.0. The molecular weight excluding hydrogens is 264 g/mol. The lowest BCUT2D eigenvalue weighted by Crippen LogP contribution is -2.07. The second kappa shape index (κ2) is 5.79. The Morgan fingerprint density at radius 3 is 2.81 bits per heavy atom. The highest BCUT2D eigenvalue weighted by atomic mass is 16.5. The molecule has 0 fully saturated rings.